The van der Waals surface area contributed by atoms with E-state index in [-0.39, 0.29) is 5.91 Å². The van der Waals surface area contributed by atoms with Gasteiger partial charge in [0.05, 0.1) is 0 Å². The van der Waals surface area contributed by atoms with Crippen LogP contribution in [0.3, 0.4) is 0 Å². The number of hydrogen-bond donors (Lipinski definition) is 3. The molecule has 1 aromatic carbocycles. The molecule has 0 aliphatic heterocycles. The average molecular weight is 241 g/mol. The number of benzene rings is 1. The standard InChI is InChI=1S/C14H15N3O/c15-10-2-1-4-12-6-8-13(9-7-12)17-14(18)5-3-11-16/h6-9H,3,5,11,15-16H2,(H,17,18). The summed E-state index contributed by atoms with van der Waals surface area (Å²) in [6, 6.07) is 9.41. The molecule has 4 nitrogen and oxygen atoms in total. The van der Waals surface area contributed by atoms with Crippen molar-refractivity contribution >= 4 is 11.6 Å². The molecule has 0 spiro atoms. The Morgan fingerprint density at radius 2 is 1.94 bits per heavy atom. The smallest absolute Gasteiger partial charge is 0.224 e. The molecule has 0 saturated carbocycles. The van der Waals surface area contributed by atoms with Crippen LogP contribution in [-0.4, -0.2) is 12.5 Å². The summed E-state index contributed by atoms with van der Waals surface area (Å²) in [6.45, 7) is 0.518. The quantitative estimate of drug-likeness (QED) is 0.534. The van der Waals surface area contributed by atoms with Gasteiger partial charge in [-0.3, -0.25) is 4.79 Å². The maximum absolute atomic E-state index is 11.4. The maximum Gasteiger partial charge on any atom is 0.224 e. The Morgan fingerprint density at radius 1 is 1.22 bits per heavy atom. The second-order valence-corrected chi connectivity index (χ2v) is 3.54. The van der Waals surface area contributed by atoms with Gasteiger partial charge in [0, 0.05) is 29.6 Å². The highest BCUT2D eigenvalue weighted by Gasteiger charge is 2.00. The first-order valence-electron chi connectivity index (χ1n) is 5.58. The van der Waals surface area contributed by atoms with Gasteiger partial charge in [0.25, 0.3) is 0 Å². The summed E-state index contributed by atoms with van der Waals surface area (Å²) in [4.78, 5) is 11.4. The van der Waals surface area contributed by atoms with Gasteiger partial charge in [0.2, 0.25) is 5.91 Å². The minimum absolute atomic E-state index is 0.0340. The van der Waals surface area contributed by atoms with Gasteiger partial charge < -0.3 is 16.8 Å². The molecule has 0 bridgehead atoms. The lowest BCUT2D eigenvalue weighted by atomic mass is 10.2. The zero-order valence-electron chi connectivity index (χ0n) is 9.99. The largest absolute Gasteiger partial charge is 0.359 e. The van der Waals surface area contributed by atoms with E-state index in [0.29, 0.717) is 19.4 Å². The molecule has 18 heavy (non-hydrogen) atoms. The molecular formula is C14H15N3O. The number of anilines is 1. The molecule has 0 aliphatic carbocycles. The van der Waals surface area contributed by atoms with Gasteiger partial charge in [0.1, 0.15) is 0 Å². The molecule has 0 saturated heterocycles. The number of carbonyl (C=O) groups is 1. The molecule has 5 N–H and O–H groups in total. The van der Waals surface area contributed by atoms with Crippen LogP contribution in [0.1, 0.15) is 18.4 Å². The van der Waals surface area contributed by atoms with E-state index in [0.717, 1.165) is 11.3 Å². The predicted octanol–water partition coefficient (Wildman–Crippen LogP) is 0.635. The topological polar surface area (TPSA) is 81.1 Å². The molecule has 0 heterocycles. The van der Waals surface area contributed by atoms with Gasteiger partial charge in [-0.1, -0.05) is 5.92 Å². The van der Waals surface area contributed by atoms with Crippen LogP contribution < -0.4 is 16.8 Å². The van der Waals surface area contributed by atoms with Crippen molar-refractivity contribution in [3.63, 3.8) is 0 Å². The zero-order valence-corrected chi connectivity index (χ0v) is 9.99. The van der Waals surface area contributed by atoms with Gasteiger partial charge in [-0.05, 0) is 43.2 Å². The Kier molecular flexibility index (Phi) is 5.89. The summed E-state index contributed by atoms with van der Waals surface area (Å²) in [5.41, 5.74) is 11.9. The second kappa shape index (κ2) is 7.78. The summed E-state index contributed by atoms with van der Waals surface area (Å²) >= 11 is 0. The monoisotopic (exact) mass is 241 g/mol. The summed E-state index contributed by atoms with van der Waals surface area (Å²) in [6.07, 6.45) is 1.12. The van der Waals surface area contributed by atoms with Crippen LogP contribution in [0.25, 0.3) is 0 Å². The Hall–Kier alpha value is -2.43. The Bertz CT molecular complexity index is 512. The average Bonchev–Trinajstić information content (AvgIpc) is 2.39. The van der Waals surface area contributed by atoms with E-state index in [1.807, 2.05) is 12.1 Å². The molecule has 0 fully saturated rings. The molecular weight excluding hydrogens is 226 g/mol. The molecule has 0 aliphatic rings. The molecule has 0 aromatic heterocycles. The number of nitrogens with one attached hydrogen (secondary N) is 1. The van der Waals surface area contributed by atoms with Gasteiger partial charge in [-0.15, -0.1) is 0 Å². The van der Waals surface area contributed by atoms with Crippen molar-refractivity contribution in [2.24, 2.45) is 11.5 Å². The highest BCUT2D eigenvalue weighted by atomic mass is 16.1. The van der Waals surface area contributed by atoms with Crippen LogP contribution in [0.4, 0.5) is 5.69 Å². The molecule has 4 heteroatoms. The van der Waals surface area contributed by atoms with Crippen LogP contribution in [0.15, 0.2) is 24.3 Å². The number of amides is 1. The number of nitrogens with two attached hydrogens (primary N) is 2. The Balaban J connectivity index is 2.57. The van der Waals surface area contributed by atoms with Crippen LogP contribution in [0.5, 0.6) is 0 Å². The molecule has 0 atom stereocenters. The highest BCUT2D eigenvalue weighted by Crippen LogP contribution is 2.09. The summed E-state index contributed by atoms with van der Waals surface area (Å²) < 4.78 is 0. The van der Waals surface area contributed by atoms with Gasteiger partial charge in [-0.25, -0.2) is 0 Å². The first-order valence-corrected chi connectivity index (χ1v) is 5.58. The lowest BCUT2D eigenvalue weighted by Crippen LogP contribution is -2.13. The van der Waals surface area contributed by atoms with Crippen molar-refractivity contribution in [3.8, 4) is 23.8 Å². The van der Waals surface area contributed by atoms with Crippen LogP contribution in [0, 0.1) is 23.8 Å². The lowest BCUT2D eigenvalue weighted by molar-refractivity contribution is -0.116. The fourth-order valence-electron chi connectivity index (χ4n) is 1.26. The van der Waals surface area contributed by atoms with Gasteiger partial charge >= 0.3 is 0 Å². The number of rotatable bonds is 4. The third-order valence-electron chi connectivity index (χ3n) is 2.12. The third kappa shape index (κ3) is 5.07. The van der Waals surface area contributed by atoms with Gasteiger partial charge in [-0.2, -0.15) is 0 Å². The van der Waals surface area contributed by atoms with Crippen LogP contribution in [0.2, 0.25) is 0 Å². The Morgan fingerprint density at radius 3 is 2.56 bits per heavy atom. The van der Waals surface area contributed by atoms with Crippen molar-refractivity contribution < 1.29 is 4.79 Å². The lowest BCUT2D eigenvalue weighted by Gasteiger charge is -2.04. The minimum Gasteiger partial charge on any atom is -0.359 e. The molecule has 1 rings (SSSR count). The van der Waals surface area contributed by atoms with E-state index in [9.17, 15) is 4.79 Å². The summed E-state index contributed by atoms with van der Waals surface area (Å²) in [5, 5.41) is 2.78. The molecule has 1 aromatic rings. The first-order chi connectivity index (χ1) is 8.76. The number of hydrogen-bond acceptors (Lipinski definition) is 3. The fraction of sp³-hybridized carbons (Fsp3) is 0.214. The highest BCUT2D eigenvalue weighted by molar-refractivity contribution is 5.90. The predicted molar refractivity (Wildman–Crippen MR) is 72.2 cm³/mol. The Labute approximate surface area is 107 Å². The van der Waals surface area contributed by atoms with Crippen LogP contribution in [-0.2, 0) is 4.79 Å². The molecule has 0 unspecified atom stereocenters. The van der Waals surface area contributed by atoms with E-state index in [1.165, 1.54) is 0 Å². The van der Waals surface area contributed by atoms with Crippen molar-refractivity contribution in [1.29, 1.82) is 0 Å². The van der Waals surface area contributed by atoms with Crippen LogP contribution >= 0.6 is 0 Å². The van der Waals surface area contributed by atoms with E-state index in [1.54, 1.807) is 12.1 Å². The van der Waals surface area contributed by atoms with Gasteiger partial charge in [0.15, 0.2) is 0 Å². The van der Waals surface area contributed by atoms with Crippen molar-refractivity contribution in [3.05, 3.63) is 29.8 Å². The third-order valence-corrected chi connectivity index (χ3v) is 2.12. The van der Waals surface area contributed by atoms with E-state index in [2.05, 4.69) is 29.1 Å². The second-order valence-electron chi connectivity index (χ2n) is 3.54. The zero-order chi connectivity index (χ0) is 13.2. The summed E-state index contributed by atoms with van der Waals surface area (Å²) in [7, 11) is 0. The molecule has 92 valence electrons. The fourth-order valence-corrected chi connectivity index (χ4v) is 1.26. The summed E-state index contributed by atoms with van der Waals surface area (Å²) in [5.74, 6) is 7.85. The number of carbonyl (C=O) groups excluding carboxylic acids is 1. The molecule has 1 amide bonds. The van der Waals surface area contributed by atoms with E-state index in [4.69, 9.17) is 11.5 Å². The first kappa shape index (κ1) is 13.6. The normalized spacial score (nSPS) is 8.50. The van der Waals surface area contributed by atoms with E-state index < -0.39 is 0 Å². The van der Waals surface area contributed by atoms with Crippen molar-refractivity contribution in [2.45, 2.75) is 12.8 Å². The molecule has 0 radical (unpaired) electrons. The SMILES string of the molecule is NC#CC#Cc1ccc(NC(=O)CCCN)cc1. The maximum atomic E-state index is 11.4. The van der Waals surface area contributed by atoms with Crippen molar-refractivity contribution in [2.75, 3.05) is 11.9 Å². The van der Waals surface area contributed by atoms with Crippen molar-refractivity contribution in [1.82, 2.24) is 0 Å². The minimum atomic E-state index is -0.0340. The van der Waals surface area contributed by atoms with E-state index >= 15 is 0 Å².